The molecule has 150 valence electrons. The Bertz CT molecular complexity index is 1180. The Kier molecular flexibility index (Phi) is 4.97. The van der Waals surface area contributed by atoms with Crippen molar-refractivity contribution in [2.45, 2.75) is 6.92 Å². The van der Waals surface area contributed by atoms with Crippen LogP contribution in [0.25, 0.3) is 21.3 Å². The van der Waals surface area contributed by atoms with Gasteiger partial charge in [-0.15, -0.1) is 0 Å². The van der Waals surface area contributed by atoms with Gasteiger partial charge in [-0.2, -0.15) is 0 Å². The van der Waals surface area contributed by atoms with Crippen LogP contribution in [0.2, 0.25) is 0 Å². The number of piperazine rings is 1. The molecular weight excluding hydrogens is 390 g/mol. The summed E-state index contributed by atoms with van der Waals surface area (Å²) in [5.74, 6) is 0.106. The third-order valence-electron chi connectivity index (χ3n) is 5.61. The summed E-state index contributed by atoms with van der Waals surface area (Å²) < 4.78 is 1.22. The van der Waals surface area contributed by atoms with E-state index in [2.05, 4.69) is 42.2 Å². The van der Waals surface area contributed by atoms with Crippen molar-refractivity contribution in [3.8, 4) is 11.1 Å². The number of hydrogen-bond acceptors (Lipinski definition) is 4. The van der Waals surface area contributed by atoms with E-state index in [0.717, 1.165) is 40.4 Å². The van der Waals surface area contributed by atoms with Gasteiger partial charge in [0.25, 0.3) is 5.91 Å². The summed E-state index contributed by atoms with van der Waals surface area (Å²) in [5.41, 5.74) is 5.35. The monoisotopic (exact) mass is 413 g/mol. The van der Waals surface area contributed by atoms with Gasteiger partial charge >= 0.3 is 0 Å². The Labute approximate surface area is 180 Å². The van der Waals surface area contributed by atoms with Crippen molar-refractivity contribution in [1.29, 1.82) is 0 Å². The Hall–Kier alpha value is -3.18. The normalized spacial score (nSPS) is 14.3. The minimum absolute atomic E-state index is 0.106. The van der Waals surface area contributed by atoms with Crippen LogP contribution in [0.15, 0.2) is 72.8 Å². The Balaban J connectivity index is 1.25. The third-order valence-corrected chi connectivity index (χ3v) is 6.69. The topological polar surface area (TPSA) is 36.4 Å². The number of anilines is 1. The van der Waals surface area contributed by atoms with E-state index >= 15 is 0 Å². The number of thiazole rings is 1. The highest BCUT2D eigenvalue weighted by atomic mass is 32.1. The van der Waals surface area contributed by atoms with Crippen molar-refractivity contribution in [2.24, 2.45) is 0 Å². The van der Waals surface area contributed by atoms with E-state index in [1.807, 2.05) is 47.4 Å². The van der Waals surface area contributed by atoms with Crippen LogP contribution in [-0.4, -0.2) is 42.0 Å². The minimum atomic E-state index is 0.106. The molecule has 4 aromatic rings. The molecule has 0 atom stereocenters. The zero-order valence-corrected chi connectivity index (χ0v) is 17.7. The summed E-state index contributed by atoms with van der Waals surface area (Å²) >= 11 is 1.73. The SMILES string of the molecule is Cc1ccc2nc(N3CCN(C(=O)c4ccc(-c5ccccc5)cc4)CC3)sc2c1. The first-order valence-electron chi connectivity index (χ1n) is 10.2. The maximum atomic E-state index is 13.0. The number of aryl methyl sites for hydroxylation is 1. The smallest absolute Gasteiger partial charge is 0.253 e. The summed E-state index contributed by atoms with van der Waals surface area (Å²) in [6, 6.07) is 24.5. The van der Waals surface area contributed by atoms with Gasteiger partial charge < -0.3 is 9.80 Å². The van der Waals surface area contributed by atoms with Crippen LogP contribution in [0.1, 0.15) is 15.9 Å². The summed E-state index contributed by atoms with van der Waals surface area (Å²) in [6.07, 6.45) is 0. The number of amides is 1. The number of fused-ring (bicyclic) bond motifs is 1. The second-order valence-corrected chi connectivity index (χ2v) is 8.70. The summed E-state index contributed by atoms with van der Waals surface area (Å²) in [7, 11) is 0. The number of carbonyl (C=O) groups excluding carboxylic acids is 1. The molecule has 5 heteroatoms. The molecule has 0 bridgehead atoms. The second-order valence-electron chi connectivity index (χ2n) is 7.69. The number of benzene rings is 3. The summed E-state index contributed by atoms with van der Waals surface area (Å²) in [4.78, 5) is 22.0. The van der Waals surface area contributed by atoms with Crippen molar-refractivity contribution in [2.75, 3.05) is 31.1 Å². The molecule has 2 heterocycles. The molecule has 4 nitrogen and oxygen atoms in total. The molecule has 0 saturated carbocycles. The average molecular weight is 414 g/mol. The Morgan fingerprint density at radius 2 is 1.57 bits per heavy atom. The fraction of sp³-hybridized carbons (Fsp3) is 0.200. The minimum Gasteiger partial charge on any atom is -0.345 e. The number of nitrogens with zero attached hydrogens (tertiary/aromatic N) is 3. The van der Waals surface area contributed by atoms with E-state index in [1.54, 1.807) is 11.3 Å². The van der Waals surface area contributed by atoms with Crippen LogP contribution >= 0.6 is 11.3 Å². The predicted molar refractivity (Wildman–Crippen MR) is 124 cm³/mol. The van der Waals surface area contributed by atoms with Crippen molar-refractivity contribution in [3.05, 3.63) is 83.9 Å². The first-order valence-corrected chi connectivity index (χ1v) is 11.1. The molecule has 0 radical (unpaired) electrons. The largest absolute Gasteiger partial charge is 0.345 e. The number of carbonyl (C=O) groups is 1. The molecular formula is C25H23N3OS. The van der Waals surface area contributed by atoms with Gasteiger partial charge in [-0.05, 0) is 47.9 Å². The van der Waals surface area contributed by atoms with E-state index in [9.17, 15) is 4.79 Å². The molecule has 5 rings (SSSR count). The molecule has 30 heavy (non-hydrogen) atoms. The first kappa shape index (κ1) is 18.8. The van der Waals surface area contributed by atoms with Crippen LogP contribution in [-0.2, 0) is 0 Å². The highest BCUT2D eigenvalue weighted by molar-refractivity contribution is 7.22. The lowest BCUT2D eigenvalue weighted by Crippen LogP contribution is -2.48. The zero-order chi connectivity index (χ0) is 20.5. The van der Waals surface area contributed by atoms with Crippen molar-refractivity contribution in [1.82, 2.24) is 9.88 Å². The number of aromatic nitrogens is 1. The van der Waals surface area contributed by atoms with Crippen LogP contribution in [0, 0.1) is 6.92 Å². The van der Waals surface area contributed by atoms with Crippen LogP contribution < -0.4 is 4.90 Å². The molecule has 0 N–H and O–H groups in total. The van der Waals surface area contributed by atoms with Crippen molar-refractivity contribution >= 4 is 32.6 Å². The molecule has 1 saturated heterocycles. The highest BCUT2D eigenvalue weighted by Gasteiger charge is 2.24. The Morgan fingerprint density at radius 1 is 0.867 bits per heavy atom. The third kappa shape index (κ3) is 3.68. The molecule has 1 amide bonds. The van der Waals surface area contributed by atoms with Crippen molar-refractivity contribution in [3.63, 3.8) is 0 Å². The molecule has 1 aliphatic heterocycles. The van der Waals surface area contributed by atoms with E-state index < -0.39 is 0 Å². The summed E-state index contributed by atoms with van der Waals surface area (Å²) in [5, 5.41) is 1.05. The van der Waals surface area contributed by atoms with Crippen LogP contribution in [0.5, 0.6) is 0 Å². The lowest BCUT2D eigenvalue weighted by molar-refractivity contribution is 0.0747. The van der Waals surface area contributed by atoms with E-state index in [1.165, 1.54) is 10.3 Å². The lowest BCUT2D eigenvalue weighted by Gasteiger charge is -2.34. The average Bonchev–Trinajstić information content (AvgIpc) is 3.23. The maximum absolute atomic E-state index is 13.0. The van der Waals surface area contributed by atoms with Gasteiger partial charge in [0.2, 0.25) is 0 Å². The maximum Gasteiger partial charge on any atom is 0.253 e. The first-order chi connectivity index (χ1) is 14.7. The summed E-state index contributed by atoms with van der Waals surface area (Å²) in [6.45, 7) is 5.16. The van der Waals surface area contributed by atoms with Gasteiger partial charge in [-0.1, -0.05) is 59.9 Å². The van der Waals surface area contributed by atoms with Gasteiger partial charge in [0.1, 0.15) is 0 Å². The number of hydrogen-bond donors (Lipinski definition) is 0. The van der Waals surface area contributed by atoms with Gasteiger partial charge in [0.05, 0.1) is 10.2 Å². The molecule has 3 aromatic carbocycles. The molecule has 1 fully saturated rings. The van der Waals surface area contributed by atoms with Crippen molar-refractivity contribution < 1.29 is 4.79 Å². The second kappa shape index (κ2) is 7.92. The molecule has 1 aromatic heterocycles. The standard InChI is InChI=1S/C25H23N3OS/c1-18-7-12-22-23(17-18)30-25(26-22)28-15-13-27(14-16-28)24(29)21-10-8-20(9-11-21)19-5-3-2-4-6-19/h2-12,17H,13-16H2,1H3. The quantitative estimate of drug-likeness (QED) is 0.461. The lowest BCUT2D eigenvalue weighted by atomic mass is 10.0. The predicted octanol–water partition coefficient (Wildman–Crippen LogP) is 5.23. The highest BCUT2D eigenvalue weighted by Crippen LogP contribution is 2.30. The fourth-order valence-electron chi connectivity index (χ4n) is 3.87. The van der Waals surface area contributed by atoms with Gasteiger partial charge in [0, 0.05) is 31.7 Å². The van der Waals surface area contributed by atoms with Gasteiger partial charge in [-0.25, -0.2) is 4.98 Å². The Morgan fingerprint density at radius 3 is 2.30 bits per heavy atom. The van der Waals surface area contributed by atoms with E-state index in [-0.39, 0.29) is 5.91 Å². The van der Waals surface area contributed by atoms with E-state index in [0.29, 0.717) is 13.1 Å². The number of rotatable bonds is 3. The van der Waals surface area contributed by atoms with E-state index in [4.69, 9.17) is 4.98 Å². The molecule has 0 spiro atoms. The molecule has 1 aliphatic rings. The molecule has 0 unspecified atom stereocenters. The molecule has 0 aliphatic carbocycles. The van der Waals surface area contributed by atoms with Crippen LogP contribution in [0.4, 0.5) is 5.13 Å². The van der Waals surface area contributed by atoms with Gasteiger partial charge in [-0.3, -0.25) is 4.79 Å². The van der Waals surface area contributed by atoms with Crippen LogP contribution in [0.3, 0.4) is 0 Å². The fourth-order valence-corrected chi connectivity index (χ4v) is 4.99. The zero-order valence-electron chi connectivity index (χ0n) is 16.9. The van der Waals surface area contributed by atoms with Gasteiger partial charge in [0.15, 0.2) is 5.13 Å².